The van der Waals surface area contributed by atoms with E-state index in [0.29, 0.717) is 0 Å². The molecule has 1 aliphatic rings. The van der Waals surface area contributed by atoms with Crippen LogP contribution in [0, 0.1) is 0 Å². The van der Waals surface area contributed by atoms with Gasteiger partial charge in [-0.05, 0) is 54.5 Å². The molecular formula is C23H23N3O2. The highest BCUT2D eigenvalue weighted by atomic mass is 16.2. The molecule has 5 nitrogen and oxygen atoms in total. The van der Waals surface area contributed by atoms with Crippen LogP contribution in [0.15, 0.2) is 65.7 Å². The van der Waals surface area contributed by atoms with Crippen LogP contribution in [0.5, 0.6) is 0 Å². The number of aromatic nitrogens is 2. The van der Waals surface area contributed by atoms with Gasteiger partial charge in [0.25, 0.3) is 11.5 Å². The summed E-state index contributed by atoms with van der Waals surface area (Å²) in [6.07, 6.45) is 8.51. The average molecular weight is 373 g/mol. The molecule has 1 atom stereocenters. The molecule has 2 N–H and O–H groups in total. The van der Waals surface area contributed by atoms with Gasteiger partial charge in [0.15, 0.2) is 0 Å². The molecule has 0 saturated carbocycles. The Morgan fingerprint density at radius 2 is 1.79 bits per heavy atom. The third-order valence-electron chi connectivity index (χ3n) is 5.26. The Hall–Kier alpha value is -3.21. The van der Waals surface area contributed by atoms with Crippen LogP contribution in [0.3, 0.4) is 0 Å². The average Bonchev–Trinajstić information content (AvgIpc) is 2.97. The molecule has 0 aliphatic heterocycles. The van der Waals surface area contributed by atoms with E-state index in [-0.39, 0.29) is 23.1 Å². The predicted octanol–water partition coefficient (Wildman–Crippen LogP) is 3.56. The predicted molar refractivity (Wildman–Crippen MR) is 108 cm³/mol. The van der Waals surface area contributed by atoms with Crippen molar-refractivity contribution in [2.24, 2.45) is 0 Å². The molecule has 1 aromatic carbocycles. The lowest BCUT2D eigenvalue weighted by atomic mass is 9.99. The summed E-state index contributed by atoms with van der Waals surface area (Å²) in [4.78, 5) is 32.7. The van der Waals surface area contributed by atoms with Crippen molar-refractivity contribution in [2.45, 2.75) is 38.1 Å². The van der Waals surface area contributed by atoms with E-state index in [1.807, 2.05) is 42.5 Å². The number of nitrogens with zero attached hydrogens (tertiary/aromatic N) is 1. The number of pyridine rings is 2. The second kappa shape index (κ2) is 8.21. The Morgan fingerprint density at radius 1 is 1.00 bits per heavy atom. The van der Waals surface area contributed by atoms with Crippen molar-refractivity contribution in [3.8, 4) is 0 Å². The van der Waals surface area contributed by atoms with Crippen LogP contribution >= 0.6 is 0 Å². The molecule has 0 unspecified atom stereocenters. The first kappa shape index (κ1) is 18.2. The van der Waals surface area contributed by atoms with Crippen LogP contribution in [-0.4, -0.2) is 15.9 Å². The van der Waals surface area contributed by atoms with Gasteiger partial charge in [-0.1, -0.05) is 42.8 Å². The Kier molecular flexibility index (Phi) is 5.33. The smallest absolute Gasteiger partial charge is 0.261 e. The lowest BCUT2D eigenvalue weighted by Crippen LogP contribution is -2.34. The molecule has 0 fully saturated rings. The third kappa shape index (κ3) is 3.88. The number of aromatic amines is 1. The molecular weight excluding hydrogens is 350 g/mol. The standard InChI is InChI=1S/C23H23N3O2/c27-22-19(14-17-10-5-2-6-12-20(17)25-22)23(28)26-21(16-8-3-1-4-9-16)18-11-7-13-24-15-18/h1,3-4,7-9,11,13-15,21H,2,5-6,10,12H2,(H,25,27)(H,26,28)/t21-/m1/s1. The summed E-state index contributed by atoms with van der Waals surface area (Å²) in [6, 6.07) is 14.9. The summed E-state index contributed by atoms with van der Waals surface area (Å²) in [6.45, 7) is 0. The van der Waals surface area contributed by atoms with Crippen LogP contribution in [0.4, 0.5) is 0 Å². The number of aryl methyl sites for hydroxylation is 2. The molecule has 0 saturated heterocycles. The molecule has 142 valence electrons. The quantitative estimate of drug-likeness (QED) is 0.687. The first-order valence-corrected chi connectivity index (χ1v) is 9.73. The van der Waals surface area contributed by atoms with E-state index in [1.165, 1.54) is 0 Å². The summed E-state index contributed by atoms with van der Waals surface area (Å²) < 4.78 is 0. The van der Waals surface area contributed by atoms with Gasteiger partial charge in [-0.2, -0.15) is 0 Å². The number of carbonyl (C=O) groups is 1. The fourth-order valence-electron chi connectivity index (χ4n) is 3.78. The van der Waals surface area contributed by atoms with E-state index in [0.717, 1.165) is 54.5 Å². The Morgan fingerprint density at radius 3 is 2.57 bits per heavy atom. The van der Waals surface area contributed by atoms with Gasteiger partial charge in [-0.25, -0.2) is 0 Å². The minimum absolute atomic E-state index is 0.172. The highest BCUT2D eigenvalue weighted by Gasteiger charge is 2.21. The third-order valence-corrected chi connectivity index (χ3v) is 5.26. The van der Waals surface area contributed by atoms with E-state index in [4.69, 9.17) is 0 Å². The fraction of sp³-hybridized carbons (Fsp3) is 0.261. The zero-order valence-electron chi connectivity index (χ0n) is 15.7. The van der Waals surface area contributed by atoms with Crippen LogP contribution in [0.1, 0.15) is 58.0 Å². The number of fused-ring (bicyclic) bond motifs is 1. The minimum atomic E-state index is -0.374. The van der Waals surface area contributed by atoms with Crippen molar-refractivity contribution in [1.29, 1.82) is 0 Å². The number of nitrogens with one attached hydrogen (secondary N) is 2. The summed E-state index contributed by atoms with van der Waals surface area (Å²) >= 11 is 0. The van der Waals surface area contributed by atoms with Gasteiger partial charge in [0.05, 0.1) is 6.04 Å². The largest absolute Gasteiger partial charge is 0.341 e. The maximum absolute atomic E-state index is 13.0. The van der Waals surface area contributed by atoms with Gasteiger partial charge in [0, 0.05) is 18.1 Å². The minimum Gasteiger partial charge on any atom is -0.341 e. The van der Waals surface area contributed by atoms with E-state index < -0.39 is 0 Å². The van der Waals surface area contributed by atoms with Crippen molar-refractivity contribution in [3.05, 3.63) is 99.2 Å². The van der Waals surface area contributed by atoms with E-state index >= 15 is 0 Å². The van der Waals surface area contributed by atoms with Gasteiger partial charge in [0.1, 0.15) is 5.56 Å². The summed E-state index contributed by atoms with van der Waals surface area (Å²) in [5.74, 6) is -0.369. The molecule has 2 aromatic heterocycles. The van der Waals surface area contributed by atoms with Crippen LogP contribution < -0.4 is 10.9 Å². The molecule has 28 heavy (non-hydrogen) atoms. The molecule has 5 heteroatoms. The molecule has 1 aliphatic carbocycles. The highest BCUT2D eigenvalue weighted by Crippen LogP contribution is 2.22. The second-order valence-corrected chi connectivity index (χ2v) is 7.18. The Labute approximate surface area is 163 Å². The molecule has 0 spiro atoms. The topological polar surface area (TPSA) is 74.8 Å². The molecule has 2 heterocycles. The van der Waals surface area contributed by atoms with Crippen LogP contribution in [-0.2, 0) is 12.8 Å². The Bertz CT molecular complexity index is 974. The van der Waals surface area contributed by atoms with Crippen molar-refractivity contribution in [2.75, 3.05) is 0 Å². The first-order chi connectivity index (χ1) is 13.7. The zero-order chi connectivity index (χ0) is 19.3. The maximum atomic E-state index is 13.0. The van der Waals surface area contributed by atoms with Crippen molar-refractivity contribution in [3.63, 3.8) is 0 Å². The number of amides is 1. The maximum Gasteiger partial charge on any atom is 0.261 e. The van der Waals surface area contributed by atoms with Crippen LogP contribution in [0.2, 0.25) is 0 Å². The van der Waals surface area contributed by atoms with E-state index in [1.54, 1.807) is 18.5 Å². The number of hydrogen-bond acceptors (Lipinski definition) is 3. The molecule has 3 aromatic rings. The Balaban J connectivity index is 1.67. The highest BCUT2D eigenvalue weighted by molar-refractivity contribution is 5.94. The number of H-pyrrole nitrogens is 1. The molecule has 0 bridgehead atoms. The summed E-state index contributed by atoms with van der Waals surface area (Å²) in [7, 11) is 0. The number of hydrogen-bond donors (Lipinski definition) is 2. The van der Waals surface area contributed by atoms with E-state index in [9.17, 15) is 9.59 Å². The normalized spacial score (nSPS) is 14.6. The second-order valence-electron chi connectivity index (χ2n) is 7.18. The zero-order valence-corrected chi connectivity index (χ0v) is 15.7. The van der Waals surface area contributed by atoms with Gasteiger partial charge >= 0.3 is 0 Å². The lowest BCUT2D eigenvalue weighted by molar-refractivity contribution is 0.0941. The van der Waals surface area contributed by atoms with Gasteiger partial charge in [-0.3, -0.25) is 14.6 Å². The molecule has 0 radical (unpaired) electrons. The monoisotopic (exact) mass is 373 g/mol. The number of carbonyl (C=O) groups excluding carboxylic acids is 1. The van der Waals surface area contributed by atoms with Gasteiger partial charge in [-0.15, -0.1) is 0 Å². The fourth-order valence-corrected chi connectivity index (χ4v) is 3.78. The van der Waals surface area contributed by atoms with Gasteiger partial charge < -0.3 is 10.3 Å². The lowest BCUT2D eigenvalue weighted by Gasteiger charge is -2.19. The number of rotatable bonds is 4. The first-order valence-electron chi connectivity index (χ1n) is 9.73. The summed E-state index contributed by atoms with van der Waals surface area (Å²) in [5, 5.41) is 3.03. The van der Waals surface area contributed by atoms with Crippen molar-refractivity contribution in [1.82, 2.24) is 15.3 Å². The SMILES string of the molecule is O=C(N[C@H](c1ccccc1)c1cccnc1)c1cc2c([nH]c1=O)CCCCC2. The van der Waals surface area contributed by atoms with E-state index in [2.05, 4.69) is 15.3 Å². The van der Waals surface area contributed by atoms with Crippen LogP contribution in [0.25, 0.3) is 0 Å². The van der Waals surface area contributed by atoms with Crippen molar-refractivity contribution >= 4 is 5.91 Å². The number of benzene rings is 1. The van der Waals surface area contributed by atoms with Gasteiger partial charge in [0.2, 0.25) is 0 Å². The summed E-state index contributed by atoms with van der Waals surface area (Å²) in [5.41, 5.74) is 3.72. The van der Waals surface area contributed by atoms with Crippen molar-refractivity contribution < 1.29 is 4.79 Å². The molecule has 4 rings (SSSR count). The molecule has 1 amide bonds.